The average molecular weight is 398 g/mol. The van der Waals surface area contributed by atoms with E-state index in [1.54, 1.807) is 11.8 Å². The second-order valence-corrected chi connectivity index (χ2v) is 8.06. The minimum absolute atomic E-state index is 0.0120. The molecule has 1 heterocycles. The monoisotopic (exact) mass is 397 g/mol. The summed E-state index contributed by atoms with van der Waals surface area (Å²) in [5.74, 6) is 0.375. The second kappa shape index (κ2) is 10.3. The fourth-order valence-electron chi connectivity index (χ4n) is 3.30. The molecule has 6 heteroatoms. The van der Waals surface area contributed by atoms with Crippen LogP contribution >= 0.6 is 11.8 Å². The number of carbonyl (C=O) groups excluding carboxylic acids is 2. The zero-order valence-electron chi connectivity index (χ0n) is 16.2. The van der Waals surface area contributed by atoms with Crippen LogP contribution < -0.4 is 5.32 Å². The van der Waals surface area contributed by atoms with Crippen molar-refractivity contribution in [3.05, 3.63) is 66.2 Å². The summed E-state index contributed by atoms with van der Waals surface area (Å²) in [6, 6.07) is 19.8. The van der Waals surface area contributed by atoms with E-state index < -0.39 is 6.04 Å². The van der Waals surface area contributed by atoms with Crippen molar-refractivity contribution >= 4 is 23.6 Å². The minimum Gasteiger partial charge on any atom is -0.344 e. The SMILES string of the molecule is CC(=O)NC(CSc1ccccc1)C(=O)N1CCN(Cc2ccccc2)CC1. The summed E-state index contributed by atoms with van der Waals surface area (Å²) in [4.78, 5) is 30.0. The predicted molar refractivity (Wildman–Crippen MR) is 113 cm³/mol. The molecule has 2 aromatic rings. The number of piperazine rings is 1. The fourth-order valence-corrected chi connectivity index (χ4v) is 4.24. The van der Waals surface area contributed by atoms with E-state index >= 15 is 0 Å². The highest BCUT2D eigenvalue weighted by Gasteiger charge is 2.28. The van der Waals surface area contributed by atoms with Crippen LogP contribution in [0.1, 0.15) is 12.5 Å². The maximum absolute atomic E-state index is 13.0. The van der Waals surface area contributed by atoms with E-state index in [-0.39, 0.29) is 11.8 Å². The average Bonchev–Trinajstić information content (AvgIpc) is 2.72. The highest BCUT2D eigenvalue weighted by molar-refractivity contribution is 7.99. The first-order valence-electron chi connectivity index (χ1n) is 9.62. The number of nitrogens with zero attached hydrogens (tertiary/aromatic N) is 2. The Kier molecular flexibility index (Phi) is 7.51. The molecule has 2 amide bonds. The van der Waals surface area contributed by atoms with Gasteiger partial charge >= 0.3 is 0 Å². The van der Waals surface area contributed by atoms with Crippen LogP contribution in [0, 0.1) is 0 Å². The maximum atomic E-state index is 13.0. The van der Waals surface area contributed by atoms with Crippen molar-refractivity contribution in [3.63, 3.8) is 0 Å². The van der Waals surface area contributed by atoms with Gasteiger partial charge in [-0.2, -0.15) is 0 Å². The molecule has 0 spiro atoms. The Balaban J connectivity index is 1.53. The summed E-state index contributed by atoms with van der Waals surface area (Å²) in [5.41, 5.74) is 1.29. The second-order valence-electron chi connectivity index (χ2n) is 6.96. The molecule has 2 aromatic carbocycles. The normalized spacial score (nSPS) is 15.8. The van der Waals surface area contributed by atoms with Crippen LogP contribution in [0.4, 0.5) is 0 Å². The quantitative estimate of drug-likeness (QED) is 0.730. The van der Waals surface area contributed by atoms with Gasteiger partial charge in [-0.05, 0) is 17.7 Å². The van der Waals surface area contributed by atoms with E-state index in [0.717, 1.165) is 24.5 Å². The standard InChI is InChI=1S/C22H27N3O2S/c1-18(26)23-21(17-28-20-10-6-3-7-11-20)22(27)25-14-12-24(13-15-25)16-19-8-4-2-5-9-19/h2-11,21H,12-17H2,1H3,(H,23,26). The number of hydrogen-bond donors (Lipinski definition) is 1. The summed E-state index contributed by atoms with van der Waals surface area (Å²) in [6.07, 6.45) is 0. The van der Waals surface area contributed by atoms with E-state index in [1.165, 1.54) is 12.5 Å². The zero-order chi connectivity index (χ0) is 19.8. The Morgan fingerprint density at radius 1 is 0.964 bits per heavy atom. The summed E-state index contributed by atoms with van der Waals surface area (Å²) in [5, 5.41) is 2.83. The number of thioether (sulfide) groups is 1. The van der Waals surface area contributed by atoms with Crippen molar-refractivity contribution in [1.29, 1.82) is 0 Å². The van der Waals surface area contributed by atoms with Crippen LogP contribution in [0.5, 0.6) is 0 Å². The van der Waals surface area contributed by atoms with Gasteiger partial charge in [0, 0.05) is 50.3 Å². The molecule has 1 atom stereocenters. The molecule has 148 valence electrons. The lowest BCUT2D eigenvalue weighted by Gasteiger charge is -2.36. The molecular formula is C22H27N3O2S. The maximum Gasteiger partial charge on any atom is 0.246 e. The minimum atomic E-state index is -0.497. The van der Waals surface area contributed by atoms with Crippen molar-refractivity contribution < 1.29 is 9.59 Å². The third-order valence-corrected chi connectivity index (χ3v) is 5.87. The topological polar surface area (TPSA) is 52.7 Å². The fraction of sp³-hybridized carbons (Fsp3) is 0.364. The van der Waals surface area contributed by atoms with E-state index in [9.17, 15) is 9.59 Å². The van der Waals surface area contributed by atoms with Gasteiger partial charge in [-0.15, -0.1) is 11.8 Å². The smallest absolute Gasteiger partial charge is 0.246 e. The molecule has 1 saturated heterocycles. The molecule has 1 aliphatic rings. The Morgan fingerprint density at radius 2 is 1.57 bits per heavy atom. The number of rotatable bonds is 7. The Hall–Kier alpha value is -2.31. The van der Waals surface area contributed by atoms with E-state index in [2.05, 4.69) is 34.5 Å². The van der Waals surface area contributed by atoms with Gasteiger partial charge in [0.25, 0.3) is 0 Å². The molecule has 0 radical (unpaired) electrons. The number of hydrogen-bond acceptors (Lipinski definition) is 4. The first-order chi connectivity index (χ1) is 13.6. The lowest BCUT2D eigenvalue weighted by atomic mass is 10.2. The molecule has 1 N–H and O–H groups in total. The van der Waals surface area contributed by atoms with Crippen molar-refractivity contribution in [1.82, 2.24) is 15.1 Å². The summed E-state index contributed by atoms with van der Waals surface area (Å²) in [6.45, 7) is 5.45. The number of benzene rings is 2. The van der Waals surface area contributed by atoms with Gasteiger partial charge in [-0.1, -0.05) is 48.5 Å². The molecule has 28 heavy (non-hydrogen) atoms. The Bertz CT molecular complexity index is 762. The lowest BCUT2D eigenvalue weighted by Crippen LogP contribution is -2.55. The van der Waals surface area contributed by atoms with Gasteiger partial charge in [-0.25, -0.2) is 0 Å². The zero-order valence-corrected chi connectivity index (χ0v) is 17.0. The molecular weight excluding hydrogens is 370 g/mol. The third kappa shape index (κ3) is 6.11. The van der Waals surface area contributed by atoms with Gasteiger partial charge in [0.1, 0.15) is 6.04 Å². The van der Waals surface area contributed by atoms with Gasteiger partial charge in [0.05, 0.1) is 0 Å². The van der Waals surface area contributed by atoms with E-state index in [4.69, 9.17) is 0 Å². The number of nitrogens with one attached hydrogen (secondary N) is 1. The molecule has 5 nitrogen and oxygen atoms in total. The van der Waals surface area contributed by atoms with Crippen LogP contribution in [0.3, 0.4) is 0 Å². The van der Waals surface area contributed by atoms with Crippen LogP contribution in [0.15, 0.2) is 65.6 Å². The van der Waals surface area contributed by atoms with Crippen LogP contribution in [-0.4, -0.2) is 59.6 Å². The molecule has 0 aromatic heterocycles. The van der Waals surface area contributed by atoms with Crippen molar-refractivity contribution in [2.45, 2.75) is 24.4 Å². The van der Waals surface area contributed by atoms with Crippen molar-refractivity contribution in [3.8, 4) is 0 Å². The largest absolute Gasteiger partial charge is 0.344 e. The third-order valence-electron chi connectivity index (χ3n) is 4.77. The van der Waals surface area contributed by atoms with Crippen molar-refractivity contribution in [2.24, 2.45) is 0 Å². The molecule has 0 bridgehead atoms. The van der Waals surface area contributed by atoms with Gasteiger partial charge in [0.2, 0.25) is 11.8 Å². The number of carbonyl (C=O) groups is 2. The highest BCUT2D eigenvalue weighted by Crippen LogP contribution is 2.19. The highest BCUT2D eigenvalue weighted by atomic mass is 32.2. The Labute approximate surface area is 171 Å². The molecule has 0 saturated carbocycles. The molecule has 1 aliphatic heterocycles. The first-order valence-corrected chi connectivity index (χ1v) is 10.6. The van der Waals surface area contributed by atoms with Gasteiger partial charge in [0.15, 0.2) is 0 Å². The van der Waals surface area contributed by atoms with E-state index in [0.29, 0.717) is 18.8 Å². The summed E-state index contributed by atoms with van der Waals surface area (Å²) in [7, 11) is 0. The number of amides is 2. The Morgan fingerprint density at radius 3 is 2.18 bits per heavy atom. The molecule has 1 fully saturated rings. The lowest BCUT2D eigenvalue weighted by molar-refractivity contribution is -0.137. The van der Waals surface area contributed by atoms with Crippen molar-refractivity contribution in [2.75, 3.05) is 31.9 Å². The summed E-state index contributed by atoms with van der Waals surface area (Å²) >= 11 is 1.59. The molecule has 3 rings (SSSR count). The van der Waals surface area contributed by atoms with Crippen LogP contribution in [0.25, 0.3) is 0 Å². The van der Waals surface area contributed by atoms with Crippen LogP contribution in [-0.2, 0) is 16.1 Å². The van der Waals surface area contributed by atoms with E-state index in [1.807, 2.05) is 41.3 Å². The summed E-state index contributed by atoms with van der Waals surface area (Å²) < 4.78 is 0. The van der Waals surface area contributed by atoms with Crippen LogP contribution in [0.2, 0.25) is 0 Å². The molecule has 1 unspecified atom stereocenters. The van der Waals surface area contributed by atoms with Gasteiger partial charge < -0.3 is 10.2 Å². The molecule has 0 aliphatic carbocycles. The first kappa shape index (κ1) is 20.4. The van der Waals surface area contributed by atoms with Gasteiger partial charge in [-0.3, -0.25) is 14.5 Å². The predicted octanol–water partition coefficient (Wildman–Crippen LogP) is 2.63.